The van der Waals surface area contributed by atoms with Gasteiger partial charge in [-0.15, -0.1) is 0 Å². The molecule has 130 valence electrons. The van der Waals surface area contributed by atoms with Crippen LogP contribution >= 0.6 is 0 Å². The van der Waals surface area contributed by atoms with E-state index in [4.69, 9.17) is 0 Å². The highest BCUT2D eigenvalue weighted by atomic mass is 19.4. The smallest absolute Gasteiger partial charge is 0.340 e. The summed E-state index contributed by atoms with van der Waals surface area (Å²) < 4.78 is 43.3. The van der Waals surface area contributed by atoms with Crippen molar-refractivity contribution in [3.63, 3.8) is 0 Å². The van der Waals surface area contributed by atoms with Crippen LogP contribution in [0, 0.1) is 13.8 Å². The fraction of sp³-hybridized carbons (Fsp3) is 0.353. The van der Waals surface area contributed by atoms with Crippen LogP contribution in [0.1, 0.15) is 28.4 Å². The van der Waals surface area contributed by atoms with E-state index in [1.54, 1.807) is 19.1 Å². The van der Waals surface area contributed by atoms with E-state index in [9.17, 15) is 13.2 Å². The fourth-order valence-electron chi connectivity index (χ4n) is 3.44. The average molecular weight is 347 g/mol. The van der Waals surface area contributed by atoms with Crippen LogP contribution in [0.15, 0.2) is 30.6 Å². The summed E-state index contributed by atoms with van der Waals surface area (Å²) >= 11 is 0. The summed E-state index contributed by atoms with van der Waals surface area (Å²) in [6.07, 6.45) is -2.60. The van der Waals surface area contributed by atoms with Crippen LogP contribution in [0.4, 0.5) is 19.0 Å². The molecule has 4 rings (SSSR count). The van der Waals surface area contributed by atoms with Crippen molar-refractivity contribution in [3.8, 4) is 0 Å². The fourth-order valence-corrected chi connectivity index (χ4v) is 3.44. The molecule has 3 heterocycles. The summed E-state index contributed by atoms with van der Waals surface area (Å²) in [6.45, 7) is 3.91. The lowest BCUT2D eigenvalue weighted by atomic mass is 10.0. The highest BCUT2D eigenvalue weighted by Crippen LogP contribution is 2.44. The third kappa shape index (κ3) is 2.52. The first kappa shape index (κ1) is 15.9. The number of alkyl halides is 3. The van der Waals surface area contributed by atoms with Crippen molar-refractivity contribution >= 4 is 11.6 Å². The van der Waals surface area contributed by atoms with Crippen molar-refractivity contribution in [2.24, 2.45) is 0 Å². The molecule has 3 aromatic rings. The molecule has 25 heavy (non-hydrogen) atoms. The van der Waals surface area contributed by atoms with Gasteiger partial charge in [-0.05, 0) is 25.8 Å². The molecule has 1 atom stereocenters. The van der Waals surface area contributed by atoms with E-state index < -0.39 is 12.2 Å². The van der Waals surface area contributed by atoms with Gasteiger partial charge >= 0.3 is 6.18 Å². The van der Waals surface area contributed by atoms with Gasteiger partial charge < -0.3 is 4.90 Å². The Morgan fingerprint density at radius 2 is 1.84 bits per heavy atom. The summed E-state index contributed by atoms with van der Waals surface area (Å²) in [4.78, 5) is 9.73. The van der Waals surface area contributed by atoms with E-state index in [0.717, 1.165) is 11.1 Å². The number of aryl methyl sites for hydroxylation is 2. The second-order valence-electron chi connectivity index (χ2n) is 6.27. The first-order valence-electron chi connectivity index (χ1n) is 7.95. The first-order chi connectivity index (χ1) is 11.9. The number of rotatable bonds is 2. The Morgan fingerprint density at radius 1 is 1.12 bits per heavy atom. The monoisotopic (exact) mass is 347 g/mol. The molecule has 2 aromatic heterocycles. The summed E-state index contributed by atoms with van der Waals surface area (Å²) in [5.41, 5.74) is 2.63. The van der Waals surface area contributed by atoms with Gasteiger partial charge in [0.05, 0.1) is 0 Å². The quantitative estimate of drug-likeness (QED) is 0.713. The Balaban J connectivity index is 1.90. The second-order valence-corrected chi connectivity index (χ2v) is 6.27. The van der Waals surface area contributed by atoms with Crippen molar-refractivity contribution in [2.75, 3.05) is 11.4 Å². The van der Waals surface area contributed by atoms with E-state index in [2.05, 4.69) is 15.1 Å². The van der Waals surface area contributed by atoms with Gasteiger partial charge in [0.25, 0.3) is 5.78 Å². The van der Waals surface area contributed by atoms with Crippen LogP contribution < -0.4 is 4.90 Å². The molecular formula is C17H16F3N5. The number of halogens is 3. The van der Waals surface area contributed by atoms with Gasteiger partial charge in [0, 0.05) is 17.8 Å². The largest absolute Gasteiger partial charge is 0.413 e. The number of aromatic nitrogens is 4. The van der Waals surface area contributed by atoms with Gasteiger partial charge in [-0.1, -0.05) is 29.8 Å². The molecule has 1 aromatic carbocycles. The number of anilines is 1. The SMILES string of the molecule is Cc1ccc(C(N2CCc3c(C)nc4ncnn4c32)C(F)(F)F)cc1. The molecule has 0 spiro atoms. The van der Waals surface area contributed by atoms with Crippen molar-refractivity contribution in [2.45, 2.75) is 32.5 Å². The normalized spacial score (nSPS) is 15.6. The van der Waals surface area contributed by atoms with Gasteiger partial charge in [0.15, 0.2) is 6.04 Å². The number of nitrogens with zero attached hydrogens (tertiary/aromatic N) is 5. The van der Waals surface area contributed by atoms with Crippen molar-refractivity contribution < 1.29 is 13.2 Å². The number of hydrogen-bond donors (Lipinski definition) is 0. The highest BCUT2D eigenvalue weighted by Gasteiger charge is 2.47. The Kier molecular flexibility index (Phi) is 3.45. The van der Waals surface area contributed by atoms with Gasteiger partial charge in [-0.2, -0.15) is 27.8 Å². The molecule has 0 amide bonds. The maximum Gasteiger partial charge on any atom is 0.413 e. The van der Waals surface area contributed by atoms with Crippen LogP contribution in [-0.4, -0.2) is 32.3 Å². The Morgan fingerprint density at radius 3 is 2.52 bits per heavy atom. The molecule has 0 saturated heterocycles. The zero-order valence-corrected chi connectivity index (χ0v) is 13.7. The predicted octanol–water partition coefficient (Wildman–Crippen LogP) is 3.41. The number of benzene rings is 1. The lowest BCUT2D eigenvalue weighted by Gasteiger charge is -2.32. The van der Waals surface area contributed by atoms with Crippen molar-refractivity contribution in [1.29, 1.82) is 0 Å². The van der Waals surface area contributed by atoms with E-state index in [1.165, 1.54) is 27.9 Å². The van der Waals surface area contributed by atoms with E-state index in [1.807, 2.05) is 6.92 Å². The van der Waals surface area contributed by atoms with Gasteiger partial charge in [-0.3, -0.25) is 0 Å². The maximum atomic E-state index is 14.0. The molecule has 8 heteroatoms. The van der Waals surface area contributed by atoms with Crippen molar-refractivity contribution in [1.82, 2.24) is 19.6 Å². The zero-order chi connectivity index (χ0) is 17.8. The van der Waals surface area contributed by atoms with Crippen LogP contribution in [0.5, 0.6) is 0 Å². The van der Waals surface area contributed by atoms with E-state index >= 15 is 0 Å². The minimum atomic E-state index is -4.42. The highest BCUT2D eigenvalue weighted by molar-refractivity contribution is 5.60. The third-order valence-electron chi connectivity index (χ3n) is 4.59. The Labute approximate surface area is 142 Å². The molecule has 0 radical (unpaired) electrons. The molecule has 0 N–H and O–H groups in total. The van der Waals surface area contributed by atoms with Crippen LogP contribution in [0.3, 0.4) is 0 Å². The first-order valence-corrected chi connectivity index (χ1v) is 7.95. The standard InChI is InChI=1S/C17H16F3N5/c1-10-3-5-12(6-4-10)14(17(18,19)20)24-8-7-13-11(2)23-16-21-9-22-25(16)15(13)24/h3-6,9,14H,7-8H2,1-2H3. The van der Waals surface area contributed by atoms with Crippen LogP contribution in [-0.2, 0) is 6.42 Å². The molecule has 5 nitrogen and oxygen atoms in total. The lowest BCUT2D eigenvalue weighted by Crippen LogP contribution is -2.38. The summed E-state index contributed by atoms with van der Waals surface area (Å²) in [6, 6.07) is 4.75. The van der Waals surface area contributed by atoms with E-state index in [-0.39, 0.29) is 12.1 Å². The molecule has 0 aliphatic carbocycles. The Bertz CT molecular complexity index is 930. The van der Waals surface area contributed by atoms with Crippen LogP contribution in [0.25, 0.3) is 5.78 Å². The summed E-state index contributed by atoms with van der Waals surface area (Å²) in [5.74, 6) is 0.746. The molecule has 0 fully saturated rings. The Hall–Kier alpha value is -2.64. The molecule has 0 bridgehead atoms. The van der Waals surface area contributed by atoms with E-state index in [0.29, 0.717) is 23.7 Å². The molecule has 0 saturated carbocycles. The average Bonchev–Trinajstić information content (AvgIpc) is 3.15. The lowest BCUT2D eigenvalue weighted by molar-refractivity contribution is -0.150. The van der Waals surface area contributed by atoms with Crippen molar-refractivity contribution in [3.05, 3.63) is 53.0 Å². The zero-order valence-electron chi connectivity index (χ0n) is 13.7. The van der Waals surface area contributed by atoms with Gasteiger partial charge in [0.1, 0.15) is 12.1 Å². The third-order valence-corrected chi connectivity index (χ3v) is 4.59. The topological polar surface area (TPSA) is 46.3 Å². The maximum absolute atomic E-state index is 14.0. The summed E-state index contributed by atoms with van der Waals surface area (Å²) in [7, 11) is 0. The minimum Gasteiger partial charge on any atom is -0.340 e. The van der Waals surface area contributed by atoms with Crippen LogP contribution in [0.2, 0.25) is 0 Å². The summed E-state index contributed by atoms with van der Waals surface area (Å²) in [5, 5.41) is 4.09. The predicted molar refractivity (Wildman–Crippen MR) is 86.5 cm³/mol. The molecule has 1 unspecified atom stereocenters. The minimum absolute atomic E-state index is 0.216. The van der Waals surface area contributed by atoms with Gasteiger partial charge in [0.2, 0.25) is 0 Å². The number of fused-ring (bicyclic) bond motifs is 3. The number of hydrogen-bond acceptors (Lipinski definition) is 4. The second kappa shape index (κ2) is 5.44. The molecular weight excluding hydrogens is 331 g/mol. The molecule has 1 aliphatic rings. The van der Waals surface area contributed by atoms with Gasteiger partial charge in [-0.25, -0.2) is 4.98 Å². The molecule has 1 aliphatic heterocycles.